The highest BCUT2D eigenvalue weighted by Crippen LogP contribution is 2.29. The van der Waals surface area contributed by atoms with E-state index in [1.54, 1.807) is 55.5 Å². The average Bonchev–Trinajstić information content (AvgIpc) is 2.88. The molecule has 3 aromatic rings. The second-order valence-corrected chi connectivity index (χ2v) is 13.4. The number of halogens is 2. The molecule has 1 unspecified atom stereocenters. The van der Waals surface area contributed by atoms with E-state index in [0.717, 1.165) is 15.4 Å². The van der Waals surface area contributed by atoms with Gasteiger partial charge in [0.15, 0.2) is 0 Å². The van der Waals surface area contributed by atoms with E-state index in [2.05, 4.69) is 5.32 Å². The lowest BCUT2D eigenvalue weighted by Gasteiger charge is -2.34. The van der Waals surface area contributed by atoms with Crippen LogP contribution in [0.4, 0.5) is 5.69 Å². The molecule has 7 nitrogen and oxygen atoms in total. The zero-order valence-electron chi connectivity index (χ0n) is 23.5. The van der Waals surface area contributed by atoms with Crippen LogP contribution in [0.3, 0.4) is 0 Å². The van der Waals surface area contributed by atoms with Gasteiger partial charge in [-0.2, -0.15) is 0 Å². The van der Waals surface area contributed by atoms with Gasteiger partial charge in [-0.3, -0.25) is 13.9 Å². The molecule has 1 atom stereocenters. The summed E-state index contributed by atoms with van der Waals surface area (Å²) in [5.41, 5.74) is 2.10. The van der Waals surface area contributed by atoms with Crippen LogP contribution in [-0.2, 0) is 26.2 Å². The van der Waals surface area contributed by atoms with E-state index in [1.165, 1.54) is 17.0 Å². The first-order chi connectivity index (χ1) is 18.6. The molecular formula is C30H35Cl2N3O4S. The van der Waals surface area contributed by atoms with Crippen molar-refractivity contribution in [3.63, 3.8) is 0 Å². The predicted octanol–water partition coefficient (Wildman–Crippen LogP) is 6.14. The number of sulfonamides is 1. The highest BCUT2D eigenvalue weighted by atomic mass is 35.5. The van der Waals surface area contributed by atoms with Gasteiger partial charge in [0.25, 0.3) is 10.0 Å². The second-order valence-electron chi connectivity index (χ2n) is 10.7. The lowest BCUT2D eigenvalue weighted by atomic mass is 10.1. The van der Waals surface area contributed by atoms with E-state index in [0.29, 0.717) is 21.3 Å². The summed E-state index contributed by atoms with van der Waals surface area (Å²) in [5, 5.41) is 3.57. The molecule has 0 heterocycles. The standard InChI is InChI=1S/C30H35Cl2N3O4S/c1-20-11-10-14-27(21(20)2)35(40(38,39)24-12-8-7-9-13-24)19-28(36)34(22(3)29(37)33-30(4,5)6)18-23-15-16-25(31)26(32)17-23/h7-17,22H,18-19H2,1-6H3,(H,33,37). The minimum absolute atomic E-state index is 0.0144. The molecule has 10 heteroatoms. The summed E-state index contributed by atoms with van der Waals surface area (Å²) >= 11 is 12.3. The zero-order valence-corrected chi connectivity index (χ0v) is 25.9. The Morgan fingerprint density at radius 2 is 1.57 bits per heavy atom. The smallest absolute Gasteiger partial charge is 0.264 e. The third kappa shape index (κ3) is 7.56. The molecule has 0 bridgehead atoms. The molecule has 0 saturated heterocycles. The van der Waals surface area contributed by atoms with Crippen molar-refractivity contribution in [2.75, 3.05) is 10.8 Å². The number of nitrogens with zero attached hydrogens (tertiary/aromatic N) is 2. The molecule has 0 aliphatic rings. The molecule has 1 N–H and O–H groups in total. The van der Waals surface area contributed by atoms with Gasteiger partial charge < -0.3 is 10.2 Å². The normalized spacial score (nSPS) is 12.5. The molecule has 40 heavy (non-hydrogen) atoms. The van der Waals surface area contributed by atoms with Gasteiger partial charge in [-0.05, 0) is 88.6 Å². The molecule has 0 aliphatic heterocycles. The Labute approximate surface area is 247 Å². The van der Waals surface area contributed by atoms with E-state index in [1.807, 2.05) is 40.7 Å². The molecule has 0 radical (unpaired) electrons. The third-order valence-corrected chi connectivity index (χ3v) is 8.97. The molecule has 2 amide bonds. The van der Waals surface area contributed by atoms with Crippen molar-refractivity contribution in [1.29, 1.82) is 0 Å². The van der Waals surface area contributed by atoms with Gasteiger partial charge in [0, 0.05) is 12.1 Å². The summed E-state index contributed by atoms with van der Waals surface area (Å²) in [6.07, 6.45) is 0. The maximum Gasteiger partial charge on any atom is 0.264 e. The fourth-order valence-corrected chi connectivity index (χ4v) is 5.94. The van der Waals surface area contributed by atoms with Crippen molar-refractivity contribution < 1.29 is 18.0 Å². The Morgan fingerprint density at radius 1 is 0.925 bits per heavy atom. The van der Waals surface area contributed by atoms with Gasteiger partial charge in [-0.25, -0.2) is 8.42 Å². The van der Waals surface area contributed by atoms with Crippen molar-refractivity contribution >= 4 is 50.7 Å². The Kier molecular flexibility index (Phi) is 9.93. The Hall–Kier alpha value is -3.07. The van der Waals surface area contributed by atoms with Gasteiger partial charge in [-0.15, -0.1) is 0 Å². The Morgan fingerprint density at radius 3 is 2.17 bits per heavy atom. The fraction of sp³-hybridized carbons (Fsp3) is 0.333. The summed E-state index contributed by atoms with van der Waals surface area (Å²) in [5.74, 6) is -0.923. The third-order valence-electron chi connectivity index (χ3n) is 6.46. The number of hydrogen-bond acceptors (Lipinski definition) is 4. The molecule has 0 fully saturated rings. The van der Waals surface area contributed by atoms with Crippen LogP contribution in [0.2, 0.25) is 10.0 Å². The number of aryl methyl sites for hydroxylation is 1. The van der Waals surface area contributed by atoms with Gasteiger partial charge in [0.1, 0.15) is 12.6 Å². The van der Waals surface area contributed by atoms with Crippen LogP contribution in [0.15, 0.2) is 71.6 Å². The van der Waals surface area contributed by atoms with Gasteiger partial charge in [0.05, 0.1) is 20.6 Å². The summed E-state index contributed by atoms with van der Waals surface area (Å²) in [6.45, 7) is 10.3. The van der Waals surface area contributed by atoms with E-state index in [-0.39, 0.29) is 17.3 Å². The van der Waals surface area contributed by atoms with E-state index in [4.69, 9.17) is 23.2 Å². The SMILES string of the molecule is Cc1cccc(N(CC(=O)N(Cc2ccc(Cl)c(Cl)c2)C(C)C(=O)NC(C)(C)C)S(=O)(=O)c2ccccc2)c1C. The highest BCUT2D eigenvalue weighted by molar-refractivity contribution is 7.92. The lowest BCUT2D eigenvalue weighted by Crippen LogP contribution is -2.54. The Balaban J connectivity index is 2.08. The van der Waals surface area contributed by atoms with Gasteiger partial charge in [0.2, 0.25) is 11.8 Å². The largest absolute Gasteiger partial charge is 0.350 e. The number of carbonyl (C=O) groups is 2. The molecule has 214 valence electrons. The first-order valence-electron chi connectivity index (χ1n) is 12.8. The number of benzene rings is 3. The van der Waals surface area contributed by atoms with Crippen LogP contribution in [-0.4, -0.2) is 43.3 Å². The van der Waals surface area contributed by atoms with Crippen molar-refractivity contribution in [1.82, 2.24) is 10.2 Å². The summed E-state index contributed by atoms with van der Waals surface area (Å²) in [6, 6.07) is 17.3. The number of nitrogens with one attached hydrogen (secondary N) is 1. The van der Waals surface area contributed by atoms with Crippen molar-refractivity contribution in [3.05, 3.63) is 93.5 Å². The van der Waals surface area contributed by atoms with E-state index in [9.17, 15) is 18.0 Å². The topological polar surface area (TPSA) is 86.8 Å². The van der Waals surface area contributed by atoms with Crippen LogP contribution in [0.1, 0.15) is 44.4 Å². The number of amides is 2. The van der Waals surface area contributed by atoms with Crippen LogP contribution < -0.4 is 9.62 Å². The van der Waals surface area contributed by atoms with Crippen LogP contribution in [0, 0.1) is 13.8 Å². The quantitative estimate of drug-likeness (QED) is 0.318. The zero-order chi connectivity index (χ0) is 29.8. The fourth-order valence-electron chi connectivity index (χ4n) is 4.13. The minimum atomic E-state index is -4.14. The summed E-state index contributed by atoms with van der Waals surface area (Å²) in [4.78, 5) is 28.7. The van der Waals surface area contributed by atoms with Crippen LogP contribution in [0.5, 0.6) is 0 Å². The van der Waals surface area contributed by atoms with Crippen molar-refractivity contribution in [2.45, 2.75) is 64.6 Å². The summed E-state index contributed by atoms with van der Waals surface area (Å²) in [7, 11) is -4.14. The number of rotatable bonds is 9. The Bertz CT molecular complexity index is 1490. The molecule has 0 aromatic heterocycles. The molecular weight excluding hydrogens is 569 g/mol. The van der Waals surface area contributed by atoms with Crippen molar-refractivity contribution in [2.24, 2.45) is 0 Å². The first-order valence-corrected chi connectivity index (χ1v) is 15.0. The summed E-state index contributed by atoms with van der Waals surface area (Å²) < 4.78 is 29.0. The van der Waals surface area contributed by atoms with Crippen LogP contribution >= 0.6 is 23.2 Å². The maximum absolute atomic E-state index is 14.0. The number of anilines is 1. The molecule has 0 saturated carbocycles. The molecule has 3 aromatic carbocycles. The molecule has 3 rings (SSSR count). The highest BCUT2D eigenvalue weighted by Gasteiger charge is 2.34. The number of carbonyl (C=O) groups excluding carboxylic acids is 2. The number of hydrogen-bond donors (Lipinski definition) is 1. The van der Waals surface area contributed by atoms with Gasteiger partial charge >= 0.3 is 0 Å². The van der Waals surface area contributed by atoms with Crippen LogP contribution in [0.25, 0.3) is 0 Å². The van der Waals surface area contributed by atoms with Gasteiger partial charge in [-0.1, -0.05) is 59.6 Å². The lowest BCUT2D eigenvalue weighted by molar-refractivity contribution is -0.140. The maximum atomic E-state index is 14.0. The minimum Gasteiger partial charge on any atom is -0.350 e. The molecule has 0 spiro atoms. The van der Waals surface area contributed by atoms with E-state index < -0.39 is 34.1 Å². The van der Waals surface area contributed by atoms with Crippen molar-refractivity contribution in [3.8, 4) is 0 Å². The monoisotopic (exact) mass is 603 g/mol. The predicted molar refractivity (Wildman–Crippen MR) is 161 cm³/mol. The second kappa shape index (κ2) is 12.6. The van der Waals surface area contributed by atoms with E-state index >= 15 is 0 Å². The molecule has 0 aliphatic carbocycles. The first kappa shape index (κ1) is 31.5. The average molecular weight is 605 g/mol.